The predicted molar refractivity (Wildman–Crippen MR) is 161 cm³/mol. The van der Waals surface area contributed by atoms with Gasteiger partial charge in [0.15, 0.2) is 34.5 Å². The Morgan fingerprint density at radius 2 is 1.05 bits per heavy atom. The van der Waals surface area contributed by atoms with Crippen molar-refractivity contribution in [2.75, 3.05) is 0 Å². The second kappa shape index (κ2) is 14.3. The van der Waals surface area contributed by atoms with Crippen LogP contribution >= 0.6 is 34.8 Å². The smallest absolute Gasteiger partial charge is 0.169 e. The molecule has 4 aromatic carbocycles. The number of aryl methyl sites for hydroxylation is 1. The quantitative estimate of drug-likeness (QED) is 0.208. The van der Waals surface area contributed by atoms with Crippen LogP contribution in [0.3, 0.4) is 0 Å². The second-order valence-electron chi connectivity index (χ2n) is 9.30. The number of hydrogen-bond acceptors (Lipinski definition) is 6. The van der Waals surface area contributed by atoms with Crippen molar-refractivity contribution in [2.24, 2.45) is 0 Å². The van der Waals surface area contributed by atoms with Crippen LogP contribution in [0.1, 0.15) is 33.3 Å². The van der Waals surface area contributed by atoms with Gasteiger partial charge in [-0.05, 0) is 88.7 Å². The molecule has 9 heteroatoms. The topological polar surface area (TPSA) is 77.4 Å². The van der Waals surface area contributed by atoms with Crippen molar-refractivity contribution >= 4 is 34.8 Å². The van der Waals surface area contributed by atoms with E-state index in [1.807, 2.05) is 52.8 Å². The monoisotopic (exact) mass is 604 g/mol. The highest BCUT2D eigenvalue weighted by atomic mass is 35.5. The lowest BCUT2D eigenvalue weighted by molar-refractivity contribution is 0.233. The molecule has 0 aliphatic rings. The van der Waals surface area contributed by atoms with Gasteiger partial charge in [-0.2, -0.15) is 0 Å². The van der Waals surface area contributed by atoms with Crippen molar-refractivity contribution in [3.05, 3.63) is 93.4 Å². The lowest BCUT2D eigenvalue weighted by Crippen LogP contribution is -2.06. The van der Waals surface area contributed by atoms with Crippen LogP contribution < -0.4 is 18.9 Å². The number of benzene rings is 4. The Morgan fingerprint density at radius 1 is 0.550 bits per heavy atom. The SMILES string of the molecule is CC(C)Oc1ccc(Oc2ccc(Cl)cc2O)c(Cl)c1.Cc1ccc(Oc2ccc(Cl)cc2O)c(OC(C)C)c1. The number of phenolic OH excluding ortho intramolecular Hbond substituents is 2. The molecule has 4 aromatic rings. The first-order chi connectivity index (χ1) is 18.9. The first kappa shape index (κ1) is 31.1. The average molecular weight is 606 g/mol. The van der Waals surface area contributed by atoms with Gasteiger partial charge in [0.2, 0.25) is 0 Å². The first-order valence-corrected chi connectivity index (χ1v) is 13.6. The average Bonchev–Trinajstić information content (AvgIpc) is 2.85. The number of aromatic hydroxyl groups is 2. The van der Waals surface area contributed by atoms with Crippen molar-refractivity contribution in [3.63, 3.8) is 0 Å². The maximum Gasteiger partial charge on any atom is 0.169 e. The molecular formula is C31H31Cl3O6. The molecule has 0 spiro atoms. The summed E-state index contributed by atoms with van der Waals surface area (Å²) < 4.78 is 22.5. The molecule has 0 radical (unpaired) electrons. The van der Waals surface area contributed by atoms with E-state index in [1.165, 1.54) is 12.1 Å². The summed E-state index contributed by atoms with van der Waals surface area (Å²) in [5.41, 5.74) is 1.08. The molecule has 6 nitrogen and oxygen atoms in total. The summed E-state index contributed by atoms with van der Waals surface area (Å²) in [6.07, 6.45) is 0.108. The Balaban J connectivity index is 0.000000220. The Morgan fingerprint density at radius 3 is 1.55 bits per heavy atom. The van der Waals surface area contributed by atoms with Gasteiger partial charge < -0.3 is 29.2 Å². The minimum atomic E-state index is -0.0453. The third-order valence-electron chi connectivity index (χ3n) is 5.02. The molecule has 0 saturated carbocycles. The van der Waals surface area contributed by atoms with E-state index in [-0.39, 0.29) is 29.5 Å². The van der Waals surface area contributed by atoms with Gasteiger partial charge >= 0.3 is 0 Å². The highest BCUT2D eigenvalue weighted by Crippen LogP contribution is 2.39. The van der Waals surface area contributed by atoms with Crippen LogP contribution in [-0.2, 0) is 0 Å². The maximum absolute atomic E-state index is 9.83. The molecule has 0 aromatic heterocycles. The molecule has 0 heterocycles. The summed E-state index contributed by atoms with van der Waals surface area (Å²) in [5.74, 6) is 2.87. The Bertz CT molecular complexity index is 1440. The normalized spacial score (nSPS) is 10.7. The standard InChI is InChI=1S/C16H17ClO3.C15H14Cl2O3/c1-10(2)19-16-8-11(3)4-6-15(16)20-14-7-5-12(17)9-13(14)18;1-9(2)19-11-4-6-14(12(17)8-11)20-15-5-3-10(16)7-13(15)18/h4-10,18H,1-3H3;3-9,18H,1-2H3. The van der Waals surface area contributed by atoms with Crippen LogP contribution in [0.5, 0.6) is 46.0 Å². The van der Waals surface area contributed by atoms with Crippen LogP contribution in [-0.4, -0.2) is 22.4 Å². The van der Waals surface area contributed by atoms with E-state index in [0.717, 1.165) is 5.56 Å². The maximum atomic E-state index is 9.83. The highest BCUT2D eigenvalue weighted by molar-refractivity contribution is 6.32. The number of phenols is 2. The van der Waals surface area contributed by atoms with Gasteiger partial charge in [-0.3, -0.25) is 0 Å². The summed E-state index contributed by atoms with van der Waals surface area (Å²) in [7, 11) is 0. The van der Waals surface area contributed by atoms with E-state index in [0.29, 0.717) is 43.8 Å². The number of halogens is 3. The van der Waals surface area contributed by atoms with Gasteiger partial charge in [0.05, 0.1) is 17.2 Å². The number of hydrogen-bond donors (Lipinski definition) is 2. The molecule has 0 amide bonds. The third kappa shape index (κ3) is 9.33. The Labute approximate surface area is 249 Å². The van der Waals surface area contributed by atoms with E-state index in [4.69, 9.17) is 53.8 Å². The van der Waals surface area contributed by atoms with Crippen LogP contribution in [0.2, 0.25) is 15.1 Å². The van der Waals surface area contributed by atoms with Gasteiger partial charge in [-0.25, -0.2) is 0 Å². The summed E-state index contributed by atoms with van der Waals surface area (Å²) in [6.45, 7) is 9.75. The second-order valence-corrected chi connectivity index (χ2v) is 10.6. The van der Waals surface area contributed by atoms with Crippen molar-refractivity contribution in [1.82, 2.24) is 0 Å². The zero-order chi connectivity index (χ0) is 29.4. The molecule has 40 heavy (non-hydrogen) atoms. The molecule has 0 unspecified atom stereocenters. The summed E-state index contributed by atoms with van der Waals surface area (Å²) in [5, 5.41) is 20.9. The molecule has 0 bridgehead atoms. The first-order valence-electron chi connectivity index (χ1n) is 12.5. The van der Waals surface area contributed by atoms with E-state index >= 15 is 0 Å². The zero-order valence-electron chi connectivity index (χ0n) is 22.7. The third-order valence-corrected chi connectivity index (χ3v) is 5.78. The fraction of sp³-hybridized carbons (Fsp3) is 0.226. The lowest BCUT2D eigenvalue weighted by atomic mass is 10.2. The van der Waals surface area contributed by atoms with E-state index in [1.54, 1.807) is 42.5 Å². The minimum absolute atomic E-state index is 0.00595. The van der Waals surface area contributed by atoms with Crippen molar-refractivity contribution in [3.8, 4) is 46.0 Å². The van der Waals surface area contributed by atoms with E-state index in [9.17, 15) is 10.2 Å². The minimum Gasteiger partial charge on any atom is -0.504 e. The largest absolute Gasteiger partial charge is 0.504 e. The van der Waals surface area contributed by atoms with Crippen LogP contribution in [0.25, 0.3) is 0 Å². The molecule has 0 fully saturated rings. The molecule has 4 rings (SSSR count). The highest BCUT2D eigenvalue weighted by Gasteiger charge is 2.12. The molecule has 0 aliphatic carbocycles. The molecule has 212 valence electrons. The molecular weight excluding hydrogens is 575 g/mol. The van der Waals surface area contributed by atoms with Crippen LogP contribution in [0.4, 0.5) is 0 Å². The lowest BCUT2D eigenvalue weighted by Gasteiger charge is -2.16. The zero-order valence-corrected chi connectivity index (χ0v) is 25.0. The Kier molecular flexibility index (Phi) is 11.1. The molecule has 0 aliphatic heterocycles. The summed E-state index contributed by atoms with van der Waals surface area (Å²) in [4.78, 5) is 0. The number of rotatable bonds is 8. The van der Waals surface area contributed by atoms with Crippen molar-refractivity contribution in [2.45, 2.75) is 46.8 Å². The Hall–Kier alpha value is -3.45. The fourth-order valence-electron chi connectivity index (χ4n) is 3.35. The van der Waals surface area contributed by atoms with Crippen LogP contribution in [0.15, 0.2) is 72.8 Å². The van der Waals surface area contributed by atoms with Crippen LogP contribution in [0, 0.1) is 6.92 Å². The predicted octanol–water partition coefficient (Wildman–Crippen LogP) is 10.2. The summed E-state index contributed by atoms with van der Waals surface area (Å²) >= 11 is 17.7. The van der Waals surface area contributed by atoms with Gasteiger partial charge in [0, 0.05) is 28.2 Å². The van der Waals surface area contributed by atoms with E-state index in [2.05, 4.69) is 0 Å². The molecule has 0 atom stereocenters. The fourth-order valence-corrected chi connectivity index (χ4v) is 3.89. The van der Waals surface area contributed by atoms with Gasteiger partial charge in [-0.15, -0.1) is 0 Å². The molecule has 0 saturated heterocycles. The molecule has 2 N–H and O–H groups in total. The van der Waals surface area contributed by atoms with Gasteiger partial charge in [0.25, 0.3) is 0 Å². The van der Waals surface area contributed by atoms with Crippen molar-refractivity contribution < 1.29 is 29.2 Å². The number of ether oxygens (including phenoxy) is 4. The van der Waals surface area contributed by atoms with Crippen molar-refractivity contribution in [1.29, 1.82) is 0 Å². The van der Waals surface area contributed by atoms with E-state index < -0.39 is 0 Å². The van der Waals surface area contributed by atoms with Gasteiger partial charge in [-0.1, -0.05) is 40.9 Å². The van der Waals surface area contributed by atoms with Gasteiger partial charge in [0.1, 0.15) is 11.5 Å². The summed E-state index contributed by atoms with van der Waals surface area (Å²) in [6, 6.07) is 20.1.